The van der Waals surface area contributed by atoms with Crippen molar-refractivity contribution in [2.75, 3.05) is 16.8 Å². The molecule has 2 aromatic rings. The summed E-state index contributed by atoms with van der Waals surface area (Å²) in [6.07, 6.45) is 0.495. The number of hydrogen-bond donors (Lipinski definition) is 2. The molecule has 0 spiro atoms. The Morgan fingerprint density at radius 2 is 2.38 bits per heavy atom. The van der Waals surface area contributed by atoms with Gasteiger partial charge >= 0.3 is 0 Å². The van der Waals surface area contributed by atoms with E-state index in [4.69, 9.17) is 0 Å². The molecule has 1 aromatic heterocycles. The van der Waals surface area contributed by atoms with Gasteiger partial charge in [-0.05, 0) is 43.7 Å². The number of thioether (sulfide) groups is 1. The minimum Gasteiger partial charge on any atom is -0.379 e. The number of rotatable bonds is 3. The van der Waals surface area contributed by atoms with Crippen LogP contribution in [0.2, 0.25) is 0 Å². The lowest BCUT2D eigenvalue weighted by Crippen LogP contribution is -2.43. The van der Waals surface area contributed by atoms with E-state index in [-0.39, 0.29) is 5.91 Å². The molecule has 1 amide bonds. The maximum Gasteiger partial charge on any atom is 0.259 e. The highest BCUT2D eigenvalue weighted by molar-refractivity contribution is 7.99. The van der Waals surface area contributed by atoms with E-state index in [1.54, 1.807) is 11.8 Å². The van der Waals surface area contributed by atoms with Crippen molar-refractivity contribution in [2.45, 2.75) is 32.4 Å². The number of nitrogens with one attached hydrogen (secondary N) is 1. The predicted molar refractivity (Wildman–Crippen MR) is 85.7 cm³/mol. The van der Waals surface area contributed by atoms with Gasteiger partial charge in [-0.1, -0.05) is 6.07 Å². The fourth-order valence-electron chi connectivity index (χ4n) is 2.61. The minimum absolute atomic E-state index is 0.353. The quantitative estimate of drug-likeness (QED) is 0.912. The summed E-state index contributed by atoms with van der Waals surface area (Å²) >= 11 is 1.60. The van der Waals surface area contributed by atoms with Crippen molar-refractivity contribution in [1.29, 1.82) is 0 Å². The number of aliphatic hydroxyl groups is 1. The Hall–Kier alpha value is -1.53. The number of amides is 1. The van der Waals surface area contributed by atoms with Crippen LogP contribution in [0.3, 0.4) is 0 Å². The molecule has 1 fully saturated rings. The van der Waals surface area contributed by atoms with E-state index < -0.39 is 5.60 Å². The standard InChI is InChI=1S/C15H19N3O2S/c1-3-18-12-5-4-10(2)8-11(12)16-14(18)17-13(19)15(20)6-7-21-9-15/h4-5,8,20H,3,6-7,9H2,1-2H3,(H,16,17,19). The predicted octanol–water partition coefficient (Wildman–Crippen LogP) is 2.17. The summed E-state index contributed by atoms with van der Waals surface area (Å²) in [5, 5.41) is 13.1. The van der Waals surface area contributed by atoms with Crippen LogP contribution in [0.25, 0.3) is 11.0 Å². The van der Waals surface area contributed by atoms with Gasteiger partial charge in [0.05, 0.1) is 11.0 Å². The first-order valence-corrected chi connectivity index (χ1v) is 8.27. The lowest BCUT2D eigenvalue weighted by Gasteiger charge is -2.20. The SMILES string of the molecule is CCn1c(NC(=O)C2(O)CCSC2)nc2cc(C)ccc21. The van der Waals surface area contributed by atoms with E-state index in [0.717, 1.165) is 22.3 Å². The van der Waals surface area contributed by atoms with Gasteiger partial charge in [-0.3, -0.25) is 10.1 Å². The molecule has 1 saturated heterocycles. The second-order valence-corrected chi connectivity index (χ2v) is 6.57. The molecular formula is C15H19N3O2S. The van der Waals surface area contributed by atoms with Gasteiger partial charge in [0.25, 0.3) is 5.91 Å². The van der Waals surface area contributed by atoms with Gasteiger partial charge in [-0.2, -0.15) is 11.8 Å². The second kappa shape index (κ2) is 5.35. The highest BCUT2D eigenvalue weighted by Crippen LogP contribution is 2.29. The molecule has 0 saturated carbocycles. The van der Waals surface area contributed by atoms with Crippen LogP contribution in [-0.4, -0.2) is 37.7 Å². The number of hydrogen-bond acceptors (Lipinski definition) is 4. The number of aryl methyl sites for hydroxylation is 2. The molecule has 3 rings (SSSR count). The molecule has 5 nitrogen and oxygen atoms in total. The third kappa shape index (κ3) is 2.53. The van der Waals surface area contributed by atoms with E-state index in [2.05, 4.69) is 10.3 Å². The van der Waals surface area contributed by atoms with E-state index in [1.165, 1.54) is 0 Å². The number of fused-ring (bicyclic) bond motifs is 1. The van der Waals surface area contributed by atoms with Gasteiger partial charge < -0.3 is 9.67 Å². The van der Waals surface area contributed by atoms with Gasteiger partial charge in [-0.25, -0.2) is 4.98 Å². The van der Waals surface area contributed by atoms with Crippen LogP contribution in [0.15, 0.2) is 18.2 Å². The second-order valence-electron chi connectivity index (χ2n) is 5.46. The van der Waals surface area contributed by atoms with Crippen molar-refractivity contribution in [3.05, 3.63) is 23.8 Å². The number of aromatic nitrogens is 2. The molecule has 0 bridgehead atoms. The molecule has 1 aliphatic heterocycles. The number of benzene rings is 1. The van der Waals surface area contributed by atoms with Crippen molar-refractivity contribution in [3.63, 3.8) is 0 Å². The zero-order valence-electron chi connectivity index (χ0n) is 12.2. The lowest BCUT2D eigenvalue weighted by molar-refractivity contribution is -0.131. The molecule has 1 unspecified atom stereocenters. The summed E-state index contributed by atoms with van der Waals surface area (Å²) in [7, 11) is 0. The Morgan fingerprint density at radius 1 is 1.57 bits per heavy atom. The summed E-state index contributed by atoms with van der Waals surface area (Å²) in [5.74, 6) is 1.42. The molecule has 1 aliphatic rings. The van der Waals surface area contributed by atoms with E-state index in [1.807, 2.05) is 36.6 Å². The Labute approximate surface area is 127 Å². The highest BCUT2D eigenvalue weighted by atomic mass is 32.2. The van der Waals surface area contributed by atoms with Gasteiger partial charge in [0.15, 0.2) is 5.60 Å². The van der Waals surface area contributed by atoms with Gasteiger partial charge in [-0.15, -0.1) is 0 Å². The largest absolute Gasteiger partial charge is 0.379 e. The molecule has 6 heteroatoms. The molecule has 0 aliphatic carbocycles. The molecule has 21 heavy (non-hydrogen) atoms. The Kier molecular flexibility index (Phi) is 3.67. The zero-order chi connectivity index (χ0) is 15.0. The third-order valence-electron chi connectivity index (χ3n) is 3.87. The maximum atomic E-state index is 12.3. The van der Waals surface area contributed by atoms with Crippen molar-refractivity contribution >= 4 is 34.7 Å². The molecule has 2 N–H and O–H groups in total. The Bertz CT molecular complexity index is 690. The van der Waals surface area contributed by atoms with Crippen LogP contribution in [0.1, 0.15) is 18.9 Å². The first kappa shape index (κ1) is 14.4. The topological polar surface area (TPSA) is 67.2 Å². The van der Waals surface area contributed by atoms with Crippen LogP contribution < -0.4 is 5.32 Å². The maximum absolute atomic E-state index is 12.3. The van der Waals surface area contributed by atoms with Crippen molar-refractivity contribution in [3.8, 4) is 0 Å². The van der Waals surface area contributed by atoms with Gasteiger partial charge in [0.2, 0.25) is 5.95 Å². The Balaban J connectivity index is 1.94. The number of carbonyl (C=O) groups excluding carboxylic acids is 1. The summed E-state index contributed by atoms with van der Waals surface area (Å²) in [4.78, 5) is 16.8. The van der Waals surface area contributed by atoms with Crippen molar-refractivity contribution in [1.82, 2.24) is 9.55 Å². The summed E-state index contributed by atoms with van der Waals surface area (Å²) < 4.78 is 1.96. The first-order valence-electron chi connectivity index (χ1n) is 7.12. The molecule has 1 aromatic carbocycles. The summed E-state index contributed by atoms with van der Waals surface area (Å²) in [5.41, 5.74) is 1.72. The molecule has 1 atom stereocenters. The number of anilines is 1. The van der Waals surface area contributed by atoms with Crippen LogP contribution in [-0.2, 0) is 11.3 Å². The van der Waals surface area contributed by atoms with Gasteiger partial charge in [0.1, 0.15) is 0 Å². The summed E-state index contributed by atoms with van der Waals surface area (Å²) in [6.45, 7) is 4.74. The fraction of sp³-hybridized carbons (Fsp3) is 0.467. The normalized spacial score (nSPS) is 21.9. The van der Waals surface area contributed by atoms with Crippen molar-refractivity contribution in [2.24, 2.45) is 0 Å². The molecular weight excluding hydrogens is 286 g/mol. The molecule has 0 radical (unpaired) electrons. The van der Waals surface area contributed by atoms with Crippen LogP contribution in [0, 0.1) is 6.92 Å². The Morgan fingerprint density at radius 3 is 3.05 bits per heavy atom. The van der Waals surface area contributed by atoms with Crippen molar-refractivity contribution < 1.29 is 9.90 Å². The van der Waals surface area contributed by atoms with Crippen LogP contribution in [0.4, 0.5) is 5.95 Å². The van der Waals surface area contributed by atoms with E-state index >= 15 is 0 Å². The molecule has 2 heterocycles. The fourth-order valence-corrected chi connectivity index (χ4v) is 3.85. The third-order valence-corrected chi connectivity index (χ3v) is 5.04. The number of carbonyl (C=O) groups is 1. The average molecular weight is 305 g/mol. The first-order chi connectivity index (χ1) is 10.0. The lowest BCUT2D eigenvalue weighted by atomic mass is 10.0. The zero-order valence-corrected chi connectivity index (χ0v) is 13.0. The average Bonchev–Trinajstić information content (AvgIpc) is 3.02. The smallest absolute Gasteiger partial charge is 0.259 e. The number of imidazole rings is 1. The number of nitrogens with zero attached hydrogens (tertiary/aromatic N) is 2. The highest BCUT2D eigenvalue weighted by Gasteiger charge is 2.40. The van der Waals surface area contributed by atoms with E-state index in [9.17, 15) is 9.90 Å². The van der Waals surface area contributed by atoms with Crippen LogP contribution >= 0.6 is 11.8 Å². The van der Waals surface area contributed by atoms with Gasteiger partial charge in [0, 0.05) is 12.3 Å². The molecule has 112 valence electrons. The van der Waals surface area contributed by atoms with E-state index in [0.29, 0.717) is 24.7 Å². The van der Waals surface area contributed by atoms with Crippen LogP contribution in [0.5, 0.6) is 0 Å². The summed E-state index contributed by atoms with van der Waals surface area (Å²) in [6, 6.07) is 6.04. The monoisotopic (exact) mass is 305 g/mol. The minimum atomic E-state index is -1.27.